The number of H-pyrrole nitrogens is 1. The zero-order valence-electron chi connectivity index (χ0n) is 17.7. The molecular formula is C27H27NO2S. The van der Waals surface area contributed by atoms with E-state index in [-0.39, 0.29) is 16.6 Å². The predicted molar refractivity (Wildman–Crippen MR) is 125 cm³/mol. The SMILES string of the molecule is Cc1ccc(C23CCC(c4c[nH]cc42)C2(C(=O)O)CC(Cc4ccccc4)SC32)cc1. The molecule has 5 unspecified atom stereocenters. The van der Waals surface area contributed by atoms with Crippen LogP contribution in [0, 0.1) is 12.3 Å². The third-order valence-corrected chi connectivity index (χ3v) is 9.98. The second-order valence-electron chi connectivity index (χ2n) is 9.63. The number of aryl methyl sites for hydroxylation is 1. The number of thioether (sulfide) groups is 1. The van der Waals surface area contributed by atoms with Gasteiger partial charge in [-0.25, -0.2) is 0 Å². The Morgan fingerprint density at radius 1 is 1.13 bits per heavy atom. The largest absolute Gasteiger partial charge is 0.481 e. The van der Waals surface area contributed by atoms with Gasteiger partial charge in [-0.05, 0) is 54.9 Å². The topological polar surface area (TPSA) is 53.1 Å². The van der Waals surface area contributed by atoms with E-state index < -0.39 is 11.4 Å². The average Bonchev–Trinajstić information content (AvgIpc) is 3.42. The Morgan fingerprint density at radius 3 is 2.65 bits per heavy atom. The van der Waals surface area contributed by atoms with Gasteiger partial charge in [0.1, 0.15) is 0 Å². The summed E-state index contributed by atoms with van der Waals surface area (Å²) in [5.41, 5.74) is 5.45. The first-order valence-electron chi connectivity index (χ1n) is 11.2. The van der Waals surface area contributed by atoms with Crippen LogP contribution in [0.1, 0.15) is 53.0 Å². The van der Waals surface area contributed by atoms with Gasteiger partial charge in [-0.15, -0.1) is 0 Å². The summed E-state index contributed by atoms with van der Waals surface area (Å²) in [7, 11) is 0. The van der Waals surface area contributed by atoms with Crippen molar-refractivity contribution in [1.82, 2.24) is 4.98 Å². The summed E-state index contributed by atoms with van der Waals surface area (Å²) in [4.78, 5) is 16.4. The molecule has 0 radical (unpaired) electrons. The first-order chi connectivity index (χ1) is 15.1. The molecule has 7 rings (SSSR count). The van der Waals surface area contributed by atoms with Crippen LogP contribution in [0.2, 0.25) is 0 Å². The van der Waals surface area contributed by atoms with Crippen LogP contribution in [-0.4, -0.2) is 26.6 Å². The Hall–Kier alpha value is -2.46. The summed E-state index contributed by atoms with van der Waals surface area (Å²) < 4.78 is 0. The summed E-state index contributed by atoms with van der Waals surface area (Å²) in [6, 6.07) is 19.4. The fraction of sp³-hybridized carbons (Fsp3) is 0.370. The molecule has 4 heteroatoms. The maximum Gasteiger partial charge on any atom is 0.311 e. The molecule has 4 aliphatic rings. The van der Waals surface area contributed by atoms with Gasteiger partial charge < -0.3 is 10.1 Å². The van der Waals surface area contributed by atoms with Crippen molar-refractivity contribution in [2.45, 2.75) is 54.4 Å². The number of hydrogen-bond acceptors (Lipinski definition) is 2. The van der Waals surface area contributed by atoms with Crippen LogP contribution >= 0.6 is 11.8 Å². The third kappa shape index (κ3) is 2.51. The van der Waals surface area contributed by atoms with Crippen molar-refractivity contribution in [2.24, 2.45) is 5.41 Å². The molecule has 31 heavy (non-hydrogen) atoms. The zero-order valence-corrected chi connectivity index (χ0v) is 18.5. The summed E-state index contributed by atoms with van der Waals surface area (Å²) in [6.45, 7) is 2.11. The number of carboxylic acids is 1. The number of rotatable bonds is 4. The number of aromatic nitrogens is 1. The van der Waals surface area contributed by atoms with Crippen LogP contribution in [0.15, 0.2) is 67.0 Å². The molecule has 2 aromatic carbocycles. The summed E-state index contributed by atoms with van der Waals surface area (Å²) in [5, 5.41) is 11.1. The Kier molecular flexibility index (Phi) is 4.20. The standard InChI is InChI=1S/C27H27NO2S/c1-17-7-9-19(10-8-17)26-12-11-22(21-15-28-16-23(21)26)27(25(29)30)14-20(31-24(26)27)13-18-5-3-2-4-6-18/h2-10,15-16,20,22,24,28H,11-14H2,1H3,(H,29,30). The normalized spacial score (nSPS) is 33.1. The highest BCUT2D eigenvalue weighted by molar-refractivity contribution is 8.01. The molecule has 1 saturated carbocycles. The lowest BCUT2D eigenvalue weighted by Crippen LogP contribution is -2.60. The fourth-order valence-corrected chi connectivity index (χ4v) is 9.16. The molecule has 1 saturated heterocycles. The Morgan fingerprint density at radius 2 is 1.90 bits per heavy atom. The smallest absolute Gasteiger partial charge is 0.311 e. The van der Waals surface area contributed by atoms with E-state index in [0.717, 1.165) is 25.7 Å². The van der Waals surface area contributed by atoms with E-state index in [1.807, 2.05) is 17.8 Å². The van der Waals surface area contributed by atoms with Crippen LogP contribution in [0.5, 0.6) is 0 Å². The summed E-state index contributed by atoms with van der Waals surface area (Å²) in [6.07, 6.45) is 7.88. The summed E-state index contributed by atoms with van der Waals surface area (Å²) in [5.74, 6) is -0.509. The molecule has 2 heterocycles. The van der Waals surface area contributed by atoms with Crippen molar-refractivity contribution in [2.75, 3.05) is 0 Å². The van der Waals surface area contributed by atoms with Gasteiger partial charge in [0.15, 0.2) is 0 Å². The number of benzene rings is 2. The molecule has 1 aromatic heterocycles. The minimum atomic E-state index is -0.706. The third-order valence-electron chi connectivity index (χ3n) is 8.16. The maximum atomic E-state index is 13.1. The second-order valence-corrected chi connectivity index (χ2v) is 11.0. The molecule has 5 atom stereocenters. The van der Waals surface area contributed by atoms with E-state index in [9.17, 15) is 9.90 Å². The van der Waals surface area contributed by atoms with Crippen molar-refractivity contribution >= 4 is 17.7 Å². The number of carboxylic acid groups (broad SMARTS) is 1. The zero-order chi connectivity index (χ0) is 21.2. The Balaban J connectivity index is 1.52. The summed E-state index contributed by atoms with van der Waals surface area (Å²) >= 11 is 1.95. The predicted octanol–water partition coefficient (Wildman–Crippen LogP) is 5.69. The van der Waals surface area contributed by atoms with Gasteiger partial charge in [-0.1, -0.05) is 60.2 Å². The number of nitrogens with one attached hydrogen (secondary N) is 1. The highest BCUT2D eigenvalue weighted by atomic mass is 32.2. The first kappa shape index (κ1) is 19.2. The van der Waals surface area contributed by atoms with Crippen LogP contribution in [-0.2, 0) is 16.6 Å². The van der Waals surface area contributed by atoms with E-state index in [2.05, 4.69) is 72.8 Å². The van der Waals surface area contributed by atoms with E-state index in [1.54, 1.807) is 0 Å². The van der Waals surface area contributed by atoms with Gasteiger partial charge in [0.2, 0.25) is 0 Å². The van der Waals surface area contributed by atoms with Crippen LogP contribution in [0.4, 0.5) is 0 Å². The number of aliphatic carboxylic acids is 1. The molecular weight excluding hydrogens is 402 g/mol. The van der Waals surface area contributed by atoms with Crippen LogP contribution < -0.4 is 0 Å². The highest BCUT2D eigenvalue weighted by Gasteiger charge is 2.71. The van der Waals surface area contributed by atoms with Gasteiger partial charge in [0, 0.05) is 34.2 Å². The second kappa shape index (κ2) is 6.77. The van der Waals surface area contributed by atoms with E-state index in [4.69, 9.17) is 0 Å². The van der Waals surface area contributed by atoms with Crippen molar-refractivity contribution in [3.8, 4) is 0 Å². The maximum absolute atomic E-state index is 13.1. The van der Waals surface area contributed by atoms with Gasteiger partial charge in [0.05, 0.1) is 5.41 Å². The lowest BCUT2D eigenvalue weighted by atomic mass is 9.46. The van der Waals surface area contributed by atoms with Crippen molar-refractivity contribution in [1.29, 1.82) is 0 Å². The van der Waals surface area contributed by atoms with Gasteiger partial charge in [0.25, 0.3) is 0 Å². The van der Waals surface area contributed by atoms with Gasteiger partial charge in [-0.2, -0.15) is 11.8 Å². The van der Waals surface area contributed by atoms with Crippen LogP contribution in [0.3, 0.4) is 0 Å². The highest BCUT2D eigenvalue weighted by Crippen LogP contribution is 2.72. The molecule has 3 aliphatic carbocycles. The Labute approximate surface area is 187 Å². The minimum absolute atomic E-state index is 0.0518. The average molecular weight is 430 g/mol. The van der Waals surface area contributed by atoms with Crippen molar-refractivity contribution in [3.63, 3.8) is 0 Å². The number of hydrogen-bond donors (Lipinski definition) is 2. The Bertz CT molecular complexity index is 1140. The molecule has 1 aliphatic heterocycles. The fourth-order valence-electron chi connectivity index (χ4n) is 6.89. The molecule has 2 bridgehead atoms. The lowest BCUT2D eigenvalue weighted by molar-refractivity contribution is -0.154. The molecule has 158 valence electrons. The van der Waals surface area contributed by atoms with Gasteiger partial charge in [-0.3, -0.25) is 4.79 Å². The molecule has 0 amide bonds. The molecule has 3 nitrogen and oxygen atoms in total. The number of carbonyl (C=O) groups is 1. The van der Waals surface area contributed by atoms with Crippen molar-refractivity contribution < 1.29 is 9.90 Å². The van der Waals surface area contributed by atoms with E-state index in [1.165, 1.54) is 27.8 Å². The monoisotopic (exact) mass is 429 g/mol. The van der Waals surface area contributed by atoms with Gasteiger partial charge >= 0.3 is 5.97 Å². The molecule has 3 aromatic rings. The molecule has 2 fully saturated rings. The molecule has 0 spiro atoms. The van der Waals surface area contributed by atoms with Crippen molar-refractivity contribution in [3.05, 3.63) is 94.8 Å². The number of fused-ring (bicyclic) bond motifs is 1. The van der Waals surface area contributed by atoms with E-state index in [0.29, 0.717) is 5.25 Å². The van der Waals surface area contributed by atoms with E-state index >= 15 is 0 Å². The number of aromatic amines is 1. The lowest BCUT2D eigenvalue weighted by Gasteiger charge is -2.58. The quantitative estimate of drug-likeness (QED) is 0.560. The molecule has 2 N–H and O–H groups in total. The first-order valence-corrected chi connectivity index (χ1v) is 12.2. The minimum Gasteiger partial charge on any atom is -0.481 e. The van der Waals surface area contributed by atoms with Crippen LogP contribution in [0.25, 0.3) is 0 Å².